The van der Waals surface area contributed by atoms with E-state index in [0.717, 1.165) is 12.1 Å². The Kier molecular flexibility index (Phi) is 4.55. The predicted molar refractivity (Wildman–Crippen MR) is 87.0 cm³/mol. The van der Waals surface area contributed by atoms with Crippen LogP contribution in [0.2, 0.25) is 0 Å². The Balaban J connectivity index is 1.81. The van der Waals surface area contributed by atoms with E-state index in [2.05, 4.69) is 20.6 Å². The summed E-state index contributed by atoms with van der Waals surface area (Å²) < 4.78 is 63.0. The summed E-state index contributed by atoms with van der Waals surface area (Å²) in [5.74, 6) is -3.80. The Bertz CT molecular complexity index is 921. The van der Waals surface area contributed by atoms with Gasteiger partial charge < -0.3 is 10.6 Å². The largest absolute Gasteiger partial charge is 0.366 e. The number of aryl methyl sites for hydroxylation is 1. The molecule has 1 aromatic heterocycles. The zero-order chi connectivity index (χ0) is 18.2. The molecule has 1 unspecified atom stereocenters. The van der Waals surface area contributed by atoms with Crippen molar-refractivity contribution < 1.29 is 21.6 Å². The second-order valence-corrected chi connectivity index (χ2v) is 8.04. The molecule has 134 valence electrons. The van der Waals surface area contributed by atoms with Crippen molar-refractivity contribution in [1.29, 1.82) is 0 Å². The van der Waals surface area contributed by atoms with E-state index in [9.17, 15) is 21.6 Å². The molecular formula is C15H15F3N4O2S. The van der Waals surface area contributed by atoms with Crippen LogP contribution in [0.5, 0.6) is 0 Å². The van der Waals surface area contributed by atoms with Gasteiger partial charge in [0, 0.05) is 17.8 Å². The van der Waals surface area contributed by atoms with Crippen LogP contribution < -0.4 is 10.6 Å². The summed E-state index contributed by atoms with van der Waals surface area (Å²) >= 11 is 0. The van der Waals surface area contributed by atoms with Crippen molar-refractivity contribution in [3.63, 3.8) is 0 Å². The Morgan fingerprint density at radius 2 is 1.92 bits per heavy atom. The molecule has 6 nitrogen and oxygen atoms in total. The standard InChI is InChI=1S/C15H15F3N4O2S/c1-8-6-12(20-9-4-5-25(23,24)7-9)22-15(19-8)21-11-3-2-10(16)13(17)14(11)18/h2-3,6,9H,4-5,7H2,1H3,(H2,19,20,21,22). The third-order valence-electron chi connectivity index (χ3n) is 3.72. The molecule has 0 aliphatic carbocycles. The molecule has 1 saturated heterocycles. The van der Waals surface area contributed by atoms with Crippen molar-refractivity contribution >= 4 is 27.3 Å². The van der Waals surface area contributed by atoms with Crippen molar-refractivity contribution in [2.24, 2.45) is 0 Å². The molecule has 0 amide bonds. The molecule has 25 heavy (non-hydrogen) atoms. The quantitative estimate of drug-likeness (QED) is 0.803. The molecule has 1 fully saturated rings. The van der Waals surface area contributed by atoms with Crippen LogP contribution in [-0.4, -0.2) is 35.9 Å². The van der Waals surface area contributed by atoms with E-state index in [1.54, 1.807) is 13.0 Å². The van der Waals surface area contributed by atoms with Gasteiger partial charge in [0.25, 0.3) is 0 Å². The van der Waals surface area contributed by atoms with Crippen LogP contribution in [0.1, 0.15) is 12.1 Å². The number of halogens is 3. The van der Waals surface area contributed by atoms with Gasteiger partial charge in [0.1, 0.15) is 5.82 Å². The average molecular weight is 372 g/mol. The fourth-order valence-corrected chi connectivity index (χ4v) is 4.23. The second-order valence-electron chi connectivity index (χ2n) is 5.81. The molecule has 2 aromatic rings. The molecule has 10 heteroatoms. The van der Waals surface area contributed by atoms with Crippen LogP contribution in [0.25, 0.3) is 0 Å². The third-order valence-corrected chi connectivity index (χ3v) is 5.49. The Morgan fingerprint density at radius 3 is 2.60 bits per heavy atom. The van der Waals surface area contributed by atoms with Gasteiger partial charge in [-0.15, -0.1) is 0 Å². The zero-order valence-corrected chi connectivity index (χ0v) is 14.0. The van der Waals surface area contributed by atoms with Crippen LogP contribution in [-0.2, 0) is 9.84 Å². The number of benzene rings is 1. The molecule has 2 N–H and O–H groups in total. The van der Waals surface area contributed by atoms with Crippen LogP contribution in [0.3, 0.4) is 0 Å². The zero-order valence-electron chi connectivity index (χ0n) is 13.2. The highest BCUT2D eigenvalue weighted by Crippen LogP contribution is 2.23. The number of hydrogen-bond acceptors (Lipinski definition) is 6. The smallest absolute Gasteiger partial charge is 0.229 e. The van der Waals surface area contributed by atoms with E-state index < -0.39 is 27.3 Å². The fourth-order valence-electron chi connectivity index (χ4n) is 2.56. The minimum absolute atomic E-state index is 0.0105. The molecule has 0 bridgehead atoms. The van der Waals surface area contributed by atoms with Crippen molar-refractivity contribution in [1.82, 2.24) is 9.97 Å². The van der Waals surface area contributed by atoms with Crippen LogP contribution in [0, 0.1) is 24.4 Å². The average Bonchev–Trinajstić information content (AvgIpc) is 2.86. The maximum absolute atomic E-state index is 13.7. The lowest BCUT2D eigenvalue weighted by Crippen LogP contribution is -2.21. The summed E-state index contributed by atoms with van der Waals surface area (Å²) in [7, 11) is -3.05. The highest BCUT2D eigenvalue weighted by molar-refractivity contribution is 7.91. The third kappa shape index (κ3) is 4.01. The van der Waals surface area contributed by atoms with Crippen LogP contribution >= 0.6 is 0 Å². The molecule has 3 rings (SSSR count). The summed E-state index contributed by atoms with van der Waals surface area (Å²) in [6, 6.07) is 3.17. The van der Waals surface area contributed by atoms with E-state index in [4.69, 9.17) is 0 Å². The lowest BCUT2D eigenvalue weighted by Gasteiger charge is -2.14. The summed E-state index contributed by atoms with van der Waals surface area (Å²) in [6.07, 6.45) is 0.464. The van der Waals surface area contributed by atoms with Gasteiger partial charge in [-0.05, 0) is 25.5 Å². The van der Waals surface area contributed by atoms with Gasteiger partial charge in [-0.25, -0.2) is 26.6 Å². The number of nitrogens with zero attached hydrogens (tertiary/aromatic N) is 2. The molecule has 1 aliphatic heterocycles. The summed E-state index contributed by atoms with van der Waals surface area (Å²) in [6.45, 7) is 1.67. The number of rotatable bonds is 4. The number of aromatic nitrogens is 2. The van der Waals surface area contributed by atoms with Gasteiger partial charge in [-0.2, -0.15) is 4.98 Å². The first-order valence-electron chi connectivity index (χ1n) is 7.47. The molecule has 0 saturated carbocycles. The van der Waals surface area contributed by atoms with E-state index in [1.807, 2.05) is 0 Å². The second kappa shape index (κ2) is 6.51. The van der Waals surface area contributed by atoms with E-state index in [-0.39, 0.29) is 29.2 Å². The number of hydrogen-bond donors (Lipinski definition) is 2. The van der Waals surface area contributed by atoms with Gasteiger partial charge in [0.2, 0.25) is 5.95 Å². The van der Waals surface area contributed by atoms with Crippen molar-refractivity contribution in [3.8, 4) is 0 Å². The first-order chi connectivity index (χ1) is 11.7. The first-order valence-corrected chi connectivity index (χ1v) is 9.29. The number of nitrogens with one attached hydrogen (secondary N) is 2. The molecule has 1 aliphatic rings. The van der Waals surface area contributed by atoms with Crippen molar-refractivity contribution in [2.75, 3.05) is 22.1 Å². The minimum atomic E-state index is -3.05. The van der Waals surface area contributed by atoms with E-state index in [1.165, 1.54) is 0 Å². The Labute approximate surface area is 142 Å². The highest BCUT2D eigenvalue weighted by atomic mass is 32.2. The number of sulfone groups is 1. The molecule has 0 radical (unpaired) electrons. The molecule has 2 heterocycles. The Hall–Kier alpha value is -2.36. The first kappa shape index (κ1) is 17.5. The summed E-state index contributed by atoms with van der Waals surface area (Å²) in [4.78, 5) is 8.18. The lowest BCUT2D eigenvalue weighted by molar-refractivity contribution is 0.449. The normalized spacial score (nSPS) is 19.0. The van der Waals surface area contributed by atoms with Gasteiger partial charge in [0.05, 0.1) is 17.2 Å². The van der Waals surface area contributed by atoms with Crippen LogP contribution in [0.15, 0.2) is 18.2 Å². The van der Waals surface area contributed by atoms with Crippen molar-refractivity contribution in [3.05, 3.63) is 41.3 Å². The SMILES string of the molecule is Cc1cc(NC2CCS(=O)(=O)C2)nc(Nc2ccc(F)c(F)c2F)n1. The fraction of sp³-hybridized carbons (Fsp3) is 0.333. The van der Waals surface area contributed by atoms with Crippen LogP contribution in [0.4, 0.5) is 30.6 Å². The van der Waals surface area contributed by atoms with E-state index >= 15 is 0 Å². The predicted octanol–water partition coefficient (Wildman–Crippen LogP) is 2.54. The van der Waals surface area contributed by atoms with Gasteiger partial charge in [-0.1, -0.05) is 0 Å². The van der Waals surface area contributed by atoms with Gasteiger partial charge >= 0.3 is 0 Å². The molecular weight excluding hydrogens is 357 g/mol. The van der Waals surface area contributed by atoms with Gasteiger partial charge in [-0.3, -0.25) is 0 Å². The van der Waals surface area contributed by atoms with Crippen molar-refractivity contribution in [2.45, 2.75) is 19.4 Å². The summed E-state index contributed by atoms with van der Waals surface area (Å²) in [5, 5.41) is 5.50. The van der Waals surface area contributed by atoms with Gasteiger partial charge in [0.15, 0.2) is 27.3 Å². The monoisotopic (exact) mass is 372 g/mol. The molecule has 1 atom stereocenters. The lowest BCUT2D eigenvalue weighted by atomic mass is 10.2. The van der Waals surface area contributed by atoms with E-state index in [0.29, 0.717) is 17.9 Å². The summed E-state index contributed by atoms with van der Waals surface area (Å²) in [5.41, 5.74) is 0.225. The Morgan fingerprint density at radius 1 is 1.16 bits per heavy atom. The molecule has 1 aromatic carbocycles. The topological polar surface area (TPSA) is 84.0 Å². The number of anilines is 3. The minimum Gasteiger partial charge on any atom is -0.366 e. The maximum Gasteiger partial charge on any atom is 0.229 e. The molecule has 0 spiro atoms. The maximum atomic E-state index is 13.7. The highest BCUT2D eigenvalue weighted by Gasteiger charge is 2.28.